The smallest absolute Gasteiger partial charge is 0.224 e. The molecule has 0 spiro atoms. The van der Waals surface area contributed by atoms with Gasteiger partial charge < -0.3 is 4.90 Å². The third-order valence-corrected chi connectivity index (χ3v) is 3.92. The summed E-state index contributed by atoms with van der Waals surface area (Å²) in [4.78, 5) is 6.70. The van der Waals surface area contributed by atoms with Gasteiger partial charge in [-0.05, 0) is 24.8 Å². The molecule has 1 aromatic heterocycles. The Kier molecular flexibility index (Phi) is 3.87. The molecule has 0 N–H and O–H groups in total. The molecular formula is C16H19N5. The van der Waals surface area contributed by atoms with Crippen LogP contribution in [0.5, 0.6) is 0 Å². The van der Waals surface area contributed by atoms with E-state index in [2.05, 4.69) is 33.2 Å². The Morgan fingerprint density at radius 2 is 2.10 bits per heavy atom. The summed E-state index contributed by atoms with van der Waals surface area (Å²) >= 11 is 0. The van der Waals surface area contributed by atoms with Crippen molar-refractivity contribution in [1.82, 2.24) is 14.8 Å². The molecule has 0 radical (unpaired) electrons. The van der Waals surface area contributed by atoms with Crippen LogP contribution in [0.4, 0.5) is 5.95 Å². The van der Waals surface area contributed by atoms with Crippen LogP contribution in [0.15, 0.2) is 30.3 Å². The van der Waals surface area contributed by atoms with Gasteiger partial charge in [-0.2, -0.15) is 15.3 Å². The maximum atomic E-state index is 9.20. The van der Waals surface area contributed by atoms with Crippen LogP contribution in [-0.4, -0.2) is 27.4 Å². The highest BCUT2D eigenvalue weighted by molar-refractivity contribution is 5.37. The molecule has 2 aromatic rings. The van der Waals surface area contributed by atoms with Gasteiger partial charge in [-0.25, -0.2) is 4.68 Å². The van der Waals surface area contributed by atoms with E-state index in [0.29, 0.717) is 0 Å². The van der Waals surface area contributed by atoms with Crippen LogP contribution < -0.4 is 4.90 Å². The molecule has 0 saturated carbocycles. The molecule has 3 rings (SSSR count). The largest absolute Gasteiger partial charge is 0.325 e. The summed E-state index contributed by atoms with van der Waals surface area (Å²) in [5.41, 5.74) is 1.29. The number of hydrogen-bond acceptors (Lipinski definition) is 4. The predicted molar refractivity (Wildman–Crippen MR) is 80.8 cm³/mol. The number of benzene rings is 1. The summed E-state index contributed by atoms with van der Waals surface area (Å²) in [6.07, 6.45) is 3.72. The summed E-state index contributed by atoms with van der Waals surface area (Å²) in [7, 11) is 1.90. The number of aryl methyl sites for hydroxylation is 3. The van der Waals surface area contributed by atoms with Crippen LogP contribution in [0, 0.1) is 11.3 Å². The molecule has 21 heavy (non-hydrogen) atoms. The maximum Gasteiger partial charge on any atom is 0.224 e. The number of nitriles is 1. The fraction of sp³-hybridized carbons (Fsp3) is 0.438. The first kappa shape index (κ1) is 13.6. The van der Waals surface area contributed by atoms with Crippen molar-refractivity contribution in [2.75, 3.05) is 11.4 Å². The lowest BCUT2D eigenvalue weighted by Crippen LogP contribution is -2.30. The summed E-state index contributed by atoms with van der Waals surface area (Å²) in [6.45, 7) is 0.892. The normalized spacial score (nSPS) is 17.9. The van der Waals surface area contributed by atoms with Crippen LogP contribution in [0.1, 0.15) is 24.2 Å². The minimum absolute atomic E-state index is 0.0603. The number of aromatic nitrogens is 3. The fourth-order valence-electron chi connectivity index (χ4n) is 2.83. The SMILES string of the molecule is Cn1nc(CCc2ccccc2)nc1N1CCCC1C#N. The molecule has 108 valence electrons. The molecule has 1 atom stereocenters. The van der Waals surface area contributed by atoms with Gasteiger partial charge in [0.1, 0.15) is 6.04 Å². The van der Waals surface area contributed by atoms with Crippen LogP contribution in [0.2, 0.25) is 0 Å². The average molecular weight is 281 g/mol. The molecule has 1 aromatic carbocycles. The van der Waals surface area contributed by atoms with E-state index in [-0.39, 0.29) is 6.04 Å². The second-order valence-corrected chi connectivity index (χ2v) is 5.42. The lowest BCUT2D eigenvalue weighted by molar-refractivity contribution is 0.700. The molecule has 1 fully saturated rings. The van der Waals surface area contributed by atoms with E-state index in [4.69, 9.17) is 0 Å². The molecule has 1 unspecified atom stereocenters. The number of rotatable bonds is 4. The Hall–Kier alpha value is -2.35. The summed E-state index contributed by atoms with van der Waals surface area (Å²) < 4.78 is 1.80. The fourth-order valence-corrected chi connectivity index (χ4v) is 2.83. The van der Waals surface area contributed by atoms with Crippen molar-refractivity contribution < 1.29 is 0 Å². The highest BCUT2D eigenvalue weighted by Crippen LogP contribution is 2.23. The molecule has 0 bridgehead atoms. The Morgan fingerprint density at radius 1 is 1.29 bits per heavy atom. The van der Waals surface area contributed by atoms with E-state index < -0.39 is 0 Å². The molecule has 1 aliphatic heterocycles. The zero-order valence-electron chi connectivity index (χ0n) is 12.2. The molecular weight excluding hydrogens is 262 g/mol. The van der Waals surface area contributed by atoms with Gasteiger partial charge in [-0.1, -0.05) is 30.3 Å². The average Bonchev–Trinajstić information content (AvgIpc) is 3.12. The van der Waals surface area contributed by atoms with Gasteiger partial charge in [0.15, 0.2) is 5.82 Å². The van der Waals surface area contributed by atoms with Gasteiger partial charge in [0.2, 0.25) is 5.95 Å². The molecule has 1 saturated heterocycles. The van der Waals surface area contributed by atoms with Gasteiger partial charge in [0.05, 0.1) is 6.07 Å². The van der Waals surface area contributed by atoms with Crippen molar-refractivity contribution in [2.24, 2.45) is 7.05 Å². The molecule has 1 aliphatic rings. The highest BCUT2D eigenvalue weighted by atomic mass is 15.4. The number of hydrogen-bond donors (Lipinski definition) is 0. The molecule has 5 nitrogen and oxygen atoms in total. The van der Waals surface area contributed by atoms with Crippen LogP contribution in [0.3, 0.4) is 0 Å². The predicted octanol–water partition coefficient (Wildman–Crippen LogP) is 2.09. The van der Waals surface area contributed by atoms with Gasteiger partial charge in [0, 0.05) is 20.0 Å². The first-order valence-corrected chi connectivity index (χ1v) is 7.38. The number of anilines is 1. The maximum absolute atomic E-state index is 9.20. The summed E-state index contributed by atoms with van der Waals surface area (Å²) in [6, 6.07) is 12.7. The van der Waals surface area contributed by atoms with E-state index in [1.807, 2.05) is 25.2 Å². The highest BCUT2D eigenvalue weighted by Gasteiger charge is 2.28. The Labute approximate surface area is 124 Å². The molecule has 0 amide bonds. The quantitative estimate of drug-likeness (QED) is 0.861. The standard InChI is InChI=1S/C16H19N5/c1-20-16(21-11-5-8-14(21)12-17)18-15(19-20)10-9-13-6-3-2-4-7-13/h2-4,6-7,14H,5,8-11H2,1H3. The lowest BCUT2D eigenvalue weighted by Gasteiger charge is -2.19. The second kappa shape index (κ2) is 5.96. The van der Waals surface area contributed by atoms with Crippen LogP contribution in [-0.2, 0) is 19.9 Å². The third-order valence-electron chi connectivity index (χ3n) is 3.92. The topological polar surface area (TPSA) is 57.7 Å². The molecule has 0 aliphatic carbocycles. The zero-order chi connectivity index (χ0) is 14.7. The Balaban J connectivity index is 1.71. The van der Waals surface area contributed by atoms with Gasteiger partial charge >= 0.3 is 0 Å². The van der Waals surface area contributed by atoms with Crippen molar-refractivity contribution >= 4 is 5.95 Å². The zero-order valence-corrected chi connectivity index (χ0v) is 12.2. The summed E-state index contributed by atoms with van der Waals surface area (Å²) in [5, 5.41) is 13.7. The third kappa shape index (κ3) is 2.89. The first-order chi connectivity index (χ1) is 10.3. The van der Waals surface area contributed by atoms with Crippen molar-refractivity contribution in [3.05, 3.63) is 41.7 Å². The lowest BCUT2D eigenvalue weighted by atomic mass is 10.1. The Morgan fingerprint density at radius 3 is 2.86 bits per heavy atom. The van der Waals surface area contributed by atoms with Crippen molar-refractivity contribution in [1.29, 1.82) is 5.26 Å². The first-order valence-electron chi connectivity index (χ1n) is 7.38. The Bertz CT molecular complexity index is 640. The minimum Gasteiger partial charge on any atom is -0.325 e. The number of nitrogens with zero attached hydrogens (tertiary/aromatic N) is 5. The van der Waals surface area contributed by atoms with E-state index in [1.165, 1.54) is 5.56 Å². The minimum atomic E-state index is -0.0603. The molecule has 5 heteroatoms. The van der Waals surface area contributed by atoms with E-state index in [9.17, 15) is 5.26 Å². The van der Waals surface area contributed by atoms with Gasteiger partial charge in [-0.15, -0.1) is 0 Å². The monoisotopic (exact) mass is 281 g/mol. The van der Waals surface area contributed by atoms with Crippen molar-refractivity contribution in [3.63, 3.8) is 0 Å². The molecule has 2 heterocycles. The summed E-state index contributed by atoms with van der Waals surface area (Å²) in [5.74, 6) is 1.67. The second-order valence-electron chi connectivity index (χ2n) is 5.42. The van der Waals surface area contributed by atoms with Crippen molar-refractivity contribution in [2.45, 2.75) is 31.7 Å². The van der Waals surface area contributed by atoms with E-state index in [0.717, 1.165) is 44.0 Å². The van der Waals surface area contributed by atoms with E-state index >= 15 is 0 Å². The van der Waals surface area contributed by atoms with Gasteiger partial charge in [-0.3, -0.25) is 0 Å². The van der Waals surface area contributed by atoms with Crippen LogP contribution >= 0.6 is 0 Å². The van der Waals surface area contributed by atoms with Gasteiger partial charge in [0.25, 0.3) is 0 Å². The van der Waals surface area contributed by atoms with Crippen LogP contribution in [0.25, 0.3) is 0 Å². The van der Waals surface area contributed by atoms with Crippen molar-refractivity contribution in [3.8, 4) is 6.07 Å². The van der Waals surface area contributed by atoms with E-state index in [1.54, 1.807) is 4.68 Å².